The quantitative estimate of drug-likeness (QED) is 0.603. The summed E-state index contributed by atoms with van der Waals surface area (Å²) in [6.07, 6.45) is 0. The first-order chi connectivity index (χ1) is 8.91. The van der Waals surface area contributed by atoms with E-state index in [1.807, 2.05) is 0 Å². The number of piperazine rings is 1. The van der Waals surface area contributed by atoms with Gasteiger partial charge in [-0.05, 0) is 19.1 Å². The van der Waals surface area contributed by atoms with Crippen LogP contribution in [-0.4, -0.2) is 29.4 Å². The lowest BCUT2D eigenvalue weighted by atomic mass is 10.1. The van der Waals surface area contributed by atoms with Crippen molar-refractivity contribution in [2.75, 3.05) is 11.4 Å². The molecule has 3 N–H and O–H groups in total. The number of benzene rings is 1. The second kappa shape index (κ2) is 4.93. The lowest BCUT2D eigenvalue weighted by Crippen LogP contribution is -2.57. The van der Waals surface area contributed by atoms with Gasteiger partial charge in [0, 0.05) is 0 Å². The molecule has 0 aliphatic carbocycles. The van der Waals surface area contributed by atoms with E-state index in [0.29, 0.717) is 5.69 Å². The van der Waals surface area contributed by atoms with Crippen molar-refractivity contribution in [2.24, 2.45) is 5.73 Å². The SMILES string of the molecule is CC1C(=O)NC(=O)CN1c1cccc(F)c1C(N)=S. The number of hydrogen-bond donors (Lipinski definition) is 2. The van der Waals surface area contributed by atoms with Gasteiger partial charge in [0.25, 0.3) is 0 Å². The molecule has 1 unspecified atom stereocenters. The van der Waals surface area contributed by atoms with E-state index in [4.69, 9.17) is 18.0 Å². The molecule has 1 atom stereocenters. The summed E-state index contributed by atoms with van der Waals surface area (Å²) in [4.78, 5) is 24.4. The highest BCUT2D eigenvalue weighted by Crippen LogP contribution is 2.26. The van der Waals surface area contributed by atoms with Gasteiger partial charge in [0.05, 0.1) is 17.8 Å². The predicted octanol–water partition coefficient (Wildman–Crippen LogP) is 0.311. The first-order valence-corrected chi connectivity index (χ1v) is 6.01. The molecular weight excluding hydrogens is 269 g/mol. The number of nitrogens with two attached hydrogens (primary N) is 1. The van der Waals surface area contributed by atoms with Crippen molar-refractivity contribution in [3.8, 4) is 0 Å². The van der Waals surface area contributed by atoms with E-state index in [1.165, 1.54) is 17.0 Å². The minimum Gasteiger partial charge on any atom is -0.389 e. The molecule has 100 valence electrons. The fourth-order valence-corrected chi connectivity index (χ4v) is 2.21. The summed E-state index contributed by atoms with van der Waals surface area (Å²) in [7, 11) is 0. The van der Waals surface area contributed by atoms with Crippen molar-refractivity contribution < 1.29 is 14.0 Å². The van der Waals surface area contributed by atoms with E-state index < -0.39 is 23.7 Å². The van der Waals surface area contributed by atoms with Crippen LogP contribution in [0.2, 0.25) is 0 Å². The molecule has 1 aromatic rings. The Bertz CT molecular complexity index is 576. The van der Waals surface area contributed by atoms with Gasteiger partial charge in [0.2, 0.25) is 11.8 Å². The molecule has 2 rings (SSSR count). The van der Waals surface area contributed by atoms with Gasteiger partial charge in [-0.15, -0.1) is 0 Å². The summed E-state index contributed by atoms with van der Waals surface area (Å²) in [5.74, 6) is -1.45. The summed E-state index contributed by atoms with van der Waals surface area (Å²) >= 11 is 4.83. The first-order valence-electron chi connectivity index (χ1n) is 5.60. The van der Waals surface area contributed by atoms with Crippen LogP contribution in [0, 0.1) is 5.82 Å². The molecular formula is C12H12FN3O2S. The van der Waals surface area contributed by atoms with Crippen molar-refractivity contribution >= 4 is 34.7 Å². The van der Waals surface area contributed by atoms with Crippen LogP contribution in [0.25, 0.3) is 0 Å². The first kappa shape index (κ1) is 13.4. The van der Waals surface area contributed by atoms with Crippen LogP contribution in [0.5, 0.6) is 0 Å². The molecule has 1 aromatic carbocycles. The number of halogens is 1. The normalized spacial score (nSPS) is 19.3. The van der Waals surface area contributed by atoms with Gasteiger partial charge in [-0.25, -0.2) is 4.39 Å². The molecule has 1 saturated heterocycles. The number of amides is 2. The minimum atomic E-state index is -0.604. The summed E-state index contributed by atoms with van der Waals surface area (Å²) < 4.78 is 13.8. The van der Waals surface area contributed by atoms with E-state index in [0.717, 1.165) is 0 Å². The predicted molar refractivity (Wildman–Crippen MR) is 72.2 cm³/mol. The van der Waals surface area contributed by atoms with Crippen LogP contribution in [-0.2, 0) is 9.59 Å². The molecule has 7 heteroatoms. The Kier molecular flexibility index (Phi) is 3.48. The van der Waals surface area contributed by atoms with Crippen molar-refractivity contribution in [1.82, 2.24) is 5.32 Å². The van der Waals surface area contributed by atoms with Gasteiger partial charge in [-0.2, -0.15) is 0 Å². The summed E-state index contributed by atoms with van der Waals surface area (Å²) in [5, 5.41) is 2.21. The molecule has 1 aliphatic heterocycles. The maximum absolute atomic E-state index is 13.8. The molecule has 5 nitrogen and oxygen atoms in total. The zero-order chi connectivity index (χ0) is 14.2. The molecule has 0 radical (unpaired) electrons. The Balaban J connectivity index is 2.52. The number of anilines is 1. The van der Waals surface area contributed by atoms with Crippen LogP contribution < -0.4 is 16.0 Å². The van der Waals surface area contributed by atoms with Crippen LogP contribution in [0.1, 0.15) is 12.5 Å². The number of rotatable bonds is 2. The molecule has 0 saturated carbocycles. The molecule has 0 spiro atoms. The third kappa shape index (κ3) is 2.41. The van der Waals surface area contributed by atoms with Gasteiger partial charge in [0.15, 0.2) is 0 Å². The number of nitrogens with zero attached hydrogens (tertiary/aromatic N) is 1. The second-order valence-corrected chi connectivity index (χ2v) is 4.65. The smallest absolute Gasteiger partial charge is 0.249 e. The van der Waals surface area contributed by atoms with Crippen molar-refractivity contribution in [3.63, 3.8) is 0 Å². The van der Waals surface area contributed by atoms with E-state index in [2.05, 4.69) is 5.32 Å². The lowest BCUT2D eigenvalue weighted by Gasteiger charge is -2.34. The number of carbonyl (C=O) groups excluding carboxylic acids is 2. The van der Waals surface area contributed by atoms with Crippen molar-refractivity contribution in [2.45, 2.75) is 13.0 Å². The molecule has 0 bridgehead atoms. The Labute approximate surface area is 114 Å². The highest BCUT2D eigenvalue weighted by Gasteiger charge is 2.32. The highest BCUT2D eigenvalue weighted by molar-refractivity contribution is 7.80. The third-order valence-electron chi connectivity index (χ3n) is 2.97. The van der Waals surface area contributed by atoms with Gasteiger partial charge in [0.1, 0.15) is 16.8 Å². The second-order valence-electron chi connectivity index (χ2n) is 4.21. The summed E-state index contributed by atoms with van der Waals surface area (Å²) in [6, 6.07) is 3.69. The Hall–Kier alpha value is -2.02. The maximum Gasteiger partial charge on any atom is 0.249 e. The summed E-state index contributed by atoms with van der Waals surface area (Å²) in [6.45, 7) is 1.57. The fraction of sp³-hybridized carbons (Fsp3) is 0.250. The Morgan fingerprint density at radius 3 is 2.84 bits per heavy atom. The van der Waals surface area contributed by atoms with E-state index in [9.17, 15) is 14.0 Å². The largest absolute Gasteiger partial charge is 0.389 e. The molecule has 2 amide bonds. The van der Waals surface area contributed by atoms with Crippen LogP contribution in [0.4, 0.5) is 10.1 Å². The van der Waals surface area contributed by atoms with E-state index in [-0.39, 0.29) is 17.1 Å². The van der Waals surface area contributed by atoms with Crippen LogP contribution >= 0.6 is 12.2 Å². The highest BCUT2D eigenvalue weighted by atomic mass is 32.1. The van der Waals surface area contributed by atoms with Gasteiger partial charge >= 0.3 is 0 Å². The fourth-order valence-electron chi connectivity index (χ4n) is 2.00. The van der Waals surface area contributed by atoms with Gasteiger partial charge in [-0.1, -0.05) is 18.3 Å². The van der Waals surface area contributed by atoms with E-state index in [1.54, 1.807) is 13.0 Å². The van der Waals surface area contributed by atoms with Crippen molar-refractivity contribution in [3.05, 3.63) is 29.6 Å². The van der Waals surface area contributed by atoms with Gasteiger partial charge in [-0.3, -0.25) is 14.9 Å². The monoisotopic (exact) mass is 281 g/mol. The topological polar surface area (TPSA) is 75.4 Å². The zero-order valence-electron chi connectivity index (χ0n) is 10.1. The minimum absolute atomic E-state index is 0.0480. The number of thiocarbonyl (C=S) groups is 1. The van der Waals surface area contributed by atoms with Crippen molar-refractivity contribution in [1.29, 1.82) is 0 Å². The number of nitrogens with one attached hydrogen (secondary N) is 1. The lowest BCUT2D eigenvalue weighted by molar-refractivity contribution is -0.132. The molecule has 1 aliphatic rings. The summed E-state index contributed by atoms with van der Waals surface area (Å²) in [5.41, 5.74) is 5.91. The van der Waals surface area contributed by atoms with Crippen LogP contribution in [0.15, 0.2) is 18.2 Å². The molecule has 0 aromatic heterocycles. The molecule has 19 heavy (non-hydrogen) atoms. The van der Waals surface area contributed by atoms with Crippen LogP contribution in [0.3, 0.4) is 0 Å². The third-order valence-corrected chi connectivity index (χ3v) is 3.18. The number of imide groups is 1. The molecule has 1 heterocycles. The number of hydrogen-bond acceptors (Lipinski definition) is 4. The Morgan fingerprint density at radius 1 is 1.53 bits per heavy atom. The molecule has 1 fully saturated rings. The zero-order valence-corrected chi connectivity index (χ0v) is 11.0. The van der Waals surface area contributed by atoms with E-state index >= 15 is 0 Å². The van der Waals surface area contributed by atoms with Gasteiger partial charge < -0.3 is 10.6 Å². The average Bonchev–Trinajstić information content (AvgIpc) is 2.33. The number of carbonyl (C=O) groups is 2. The maximum atomic E-state index is 13.8. The average molecular weight is 281 g/mol. The Morgan fingerprint density at radius 2 is 2.21 bits per heavy atom. The standard InChI is InChI=1S/C12H12FN3O2S/c1-6-12(18)15-9(17)5-16(6)8-4-2-3-7(13)10(8)11(14)19/h2-4,6H,5H2,1H3,(H2,14,19)(H,15,17,18).